The van der Waals surface area contributed by atoms with Crippen LogP contribution in [0.5, 0.6) is 0 Å². The third-order valence-corrected chi connectivity index (χ3v) is 3.51. The number of nitrogens with one attached hydrogen (secondary N) is 1. The van der Waals surface area contributed by atoms with Crippen molar-refractivity contribution in [2.24, 2.45) is 11.8 Å². The van der Waals surface area contributed by atoms with Crippen LogP contribution in [0, 0.1) is 5.92 Å². The minimum absolute atomic E-state index is 0.147. The Kier molecular flexibility index (Phi) is 3.74. The van der Waals surface area contributed by atoms with Crippen molar-refractivity contribution in [1.29, 1.82) is 0 Å². The van der Waals surface area contributed by atoms with E-state index in [9.17, 15) is 0 Å². The molecule has 1 saturated carbocycles. The van der Waals surface area contributed by atoms with Crippen LogP contribution in [0.15, 0.2) is 18.3 Å². The van der Waals surface area contributed by atoms with Crippen molar-refractivity contribution in [2.75, 3.05) is 5.73 Å². The normalized spacial score (nSPS) is 19.6. The zero-order chi connectivity index (χ0) is 11.4. The lowest BCUT2D eigenvalue weighted by atomic mass is 9.81. The van der Waals surface area contributed by atoms with Crippen molar-refractivity contribution in [3.8, 4) is 0 Å². The van der Waals surface area contributed by atoms with Gasteiger partial charge in [0.1, 0.15) is 5.82 Å². The van der Waals surface area contributed by atoms with Gasteiger partial charge in [0, 0.05) is 11.8 Å². The minimum atomic E-state index is 0.147. The van der Waals surface area contributed by atoms with Gasteiger partial charge in [0.25, 0.3) is 0 Å². The number of hydrogen-bond acceptors (Lipinski definition) is 4. The maximum Gasteiger partial charge on any atom is 0.128 e. The predicted molar refractivity (Wildman–Crippen MR) is 65.3 cm³/mol. The van der Waals surface area contributed by atoms with Gasteiger partial charge in [0.15, 0.2) is 0 Å². The number of nitrogens with two attached hydrogens (primary N) is 2. The summed E-state index contributed by atoms with van der Waals surface area (Å²) in [5, 5.41) is 0. The maximum absolute atomic E-state index is 5.90. The fourth-order valence-electron chi connectivity index (χ4n) is 2.64. The summed E-state index contributed by atoms with van der Waals surface area (Å²) in [6, 6.07) is 4.08. The molecule has 1 atom stereocenters. The fraction of sp³-hybridized carbons (Fsp3) is 0.583. The Morgan fingerprint density at radius 2 is 2.06 bits per heavy atom. The van der Waals surface area contributed by atoms with Crippen LogP contribution >= 0.6 is 0 Å². The molecule has 1 fully saturated rings. The second-order valence-corrected chi connectivity index (χ2v) is 4.52. The van der Waals surface area contributed by atoms with Crippen LogP contribution in [0.1, 0.15) is 43.7 Å². The number of hydrazine groups is 1. The molecular formula is C12H20N4. The van der Waals surface area contributed by atoms with Crippen LogP contribution in [0.4, 0.5) is 5.82 Å². The number of aromatic nitrogens is 1. The first-order valence-corrected chi connectivity index (χ1v) is 5.99. The second-order valence-electron chi connectivity index (χ2n) is 4.52. The Hall–Kier alpha value is -1.13. The Labute approximate surface area is 96.4 Å². The fourth-order valence-corrected chi connectivity index (χ4v) is 2.64. The summed E-state index contributed by atoms with van der Waals surface area (Å²) < 4.78 is 0. The molecule has 0 bridgehead atoms. The monoisotopic (exact) mass is 220 g/mol. The molecule has 1 aromatic rings. The van der Waals surface area contributed by atoms with Gasteiger partial charge in [-0.15, -0.1) is 0 Å². The summed E-state index contributed by atoms with van der Waals surface area (Å²) in [5.41, 5.74) is 9.84. The van der Waals surface area contributed by atoms with Gasteiger partial charge in [0.2, 0.25) is 0 Å². The molecule has 88 valence electrons. The highest BCUT2D eigenvalue weighted by molar-refractivity contribution is 5.41. The molecule has 0 aliphatic heterocycles. The van der Waals surface area contributed by atoms with Crippen LogP contribution < -0.4 is 17.0 Å². The van der Waals surface area contributed by atoms with Crippen molar-refractivity contribution in [1.82, 2.24) is 10.4 Å². The first kappa shape index (κ1) is 11.4. The molecule has 2 rings (SSSR count). The summed E-state index contributed by atoms with van der Waals surface area (Å²) in [7, 11) is 0. The predicted octanol–water partition coefficient (Wildman–Crippen LogP) is 1.75. The molecule has 1 unspecified atom stereocenters. The summed E-state index contributed by atoms with van der Waals surface area (Å²) in [6.07, 6.45) is 8.10. The van der Waals surface area contributed by atoms with Gasteiger partial charge < -0.3 is 5.73 Å². The lowest BCUT2D eigenvalue weighted by Gasteiger charge is -2.30. The molecule has 0 amide bonds. The summed E-state index contributed by atoms with van der Waals surface area (Å²) >= 11 is 0. The molecule has 16 heavy (non-hydrogen) atoms. The third kappa shape index (κ3) is 2.33. The van der Waals surface area contributed by atoms with E-state index >= 15 is 0 Å². The number of nitrogen functional groups attached to an aromatic ring is 1. The van der Waals surface area contributed by atoms with E-state index in [4.69, 9.17) is 11.6 Å². The zero-order valence-electron chi connectivity index (χ0n) is 9.52. The molecule has 4 heteroatoms. The summed E-state index contributed by atoms with van der Waals surface area (Å²) in [5.74, 6) is 6.85. The zero-order valence-corrected chi connectivity index (χ0v) is 9.52. The molecule has 0 radical (unpaired) electrons. The van der Waals surface area contributed by atoms with Gasteiger partial charge >= 0.3 is 0 Å². The molecule has 0 spiro atoms. The highest BCUT2D eigenvalue weighted by atomic mass is 15.2. The topological polar surface area (TPSA) is 77.0 Å². The van der Waals surface area contributed by atoms with Crippen LogP contribution in [0.3, 0.4) is 0 Å². The van der Waals surface area contributed by atoms with Crippen molar-refractivity contribution in [2.45, 2.75) is 38.1 Å². The number of rotatable bonds is 3. The van der Waals surface area contributed by atoms with Gasteiger partial charge in [-0.2, -0.15) is 0 Å². The number of pyridine rings is 1. The Morgan fingerprint density at radius 1 is 1.31 bits per heavy atom. The Balaban J connectivity index is 2.18. The Bertz CT molecular complexity index is 334. The quantitative estimate of drug-likeness (QED) is 0.535. The average Bonchev–Trinajstić information content (AvgIpc) is 2.34. The lowest BCUT2D eigenvalue weighted by molar-refractivity contribution is 0.274. The van der Waals surface area contributed by atoms with Crippen molar-refractivity contribution in [3.05, 3.63) is 23.9 Å². The number of nitrogens with zero attached hydrogens (tertiary/aromatic N) is 1. The molecule has 1 aliphatic carbocycles. The van der Waals surface area contributed by atoms with Crippen LogP contribution in [-0.4, -0.2) is 4.98 Å². The molecule has 1 aliphatic rings. The van der Waals surface area contributed by atoms with Gasteiger partial charge in [-0.1, -0.05) is 25.3 Å². The van der Waals surface area contributed by atoms with E-state index in [1.54, 1.807) is 6.20 Å². The minimum Gasteiger partial charge on any atom is -0.383 e. The van der Waals surface area contributed by atoms with E-state index in [0.29, 0.717) is 11.7 Å². The van der Waals surface area contributed by atoms with Gasteiger partial charge in [0.05, 0.1) is 6.04 Å². The van der Waals surface area contributed by atoms with E-state index in [-0.39, 0.29) is 6.04 Å². The van der Waals surface area contributed by atoms with E-state index in [0.717, 1.165) is 5.56 Å². The van der Waals surface area contributed by atoms with Crippen LogP contribution in [-0.2, 0) is 0 Å². The van der Waals surface area contributed by atoms with Crippen LogP contribution in [0.25, 0.3) is 0 Å². The van der Waals surface area contributed by atoms with Crippen LogP contribution in [0.2, 0.25) is 0 Å². The third-order valence-electron chi connectivity index (χ3n) is 3.51. The maximum atomic E-state index is 5.90. The summed E-state index contributed by atoms with van der Waals surface area (Å²) in [6.45, 7) is 0. The molecular weight excluding hydrogens is 200 g/mol. The van der Waals surface area contributed by atoms with Crippen molar-refractivity contribution in [3.63, 3.8) is 0 Å². The van der Waals surface area contributed by atoms with Crippen molar-refractivity contribution >= 4 is 5.82 Å². The molecule has 5 N–H and O–H groups in total. The van der Waals surface area contributed by atoms with Gasteiger partial charge in [-0.25, -0.2) is 4.98 Å². The van der Waals surface area contributed by atoms with E-state index < -0.39 is 0 Å². The number of anilines is 1. The SMILES string of the molecule is NNC(c1cccnc1N)C1CCCCC1. The van der Waals surface area contributed by atoms with E-state index in [1.807, 2.05) is 12.1 Å². The van der Waals surface area contributed by atoms with Crippen molar-refractivity contribution < 1.29 is 0 Å². The molecule has 4 nitrogen and oxygen atoms in total. The largest absolute Gasteiger partial charge is 0.383 e. The molecule has 0 saturated heterocycles. The molecule has 1 aromatic heterocycles. The first-order valence-electron chi connectivity index (χ1n) is 5.99. The second kappa shape index (κ2) is 5.27. The highest BCUT2D eigenvalue weighted by Gasteiger charge is 2.25. The van der Waals surface area contributed by atoms with E-state index in [1.165, 1.54) is 32.1 Å². The standard InChI is InChI=1S/C12H20N4/c13-12-10(7-4-8-15-12)11(16-14)9-5-2-1-3-6-9/h4,7-9,11,16H,1-3,5-6,14H2,(H2,13,15). The first-order chi connectivity index (χ1) is 7.83. The number of hydrogen-bond donors (Lipinski definition) is 3. The van der Waals surface area contributed by atoms with Gasteiger partial charge in [-0.3, -0.25) is 11.3 Å². The average molecular weight is 220 g/mol. The molecule has 0 aromatic carbocycles. The summed E-state index contributed by atoms with van der Waals surface area (Å²) in [4.78, 5) is 4.13. The van der Waals surface area contributed by atoms with Gasteiger partial charge in [-0.05, 0) is 24.8 Å². The van der Waals surface area contributed by atoms with E-state index in [2.05, 4.69) is 10.4 Å². The highest BCUT2D eigenvalue weighted by Crippen LogP contribution is 2.35. The Morgan fingerprint density at radius 3 is 2.69 bits per heavy atom. The smallest absolute Gasteiger partial charge is 0.128 e. The lowest BCUT2D eigenvalue weighted by Crippen LogP contribution is -2.35. The molecule has 1 heterocycles.